The summed E-state index contributed by atoms with van der Waals surface area (Å²) in [6, 6.07) is 0. The van der Waals surface area contributed by atoms with E-state index in [-0.39, 0.29) is 12.7 Å². The minimum Gasteiger partial charge on any atom is -0.394 e. The lowest BCUT2D eigenvalue weighted by Gasteiger charge is -2.25. The van der Waals surface area contributed by atoms with E-state index in [1.54, 1.807) is 0 Å². The van der Waals surface area contributed by atoms with Crippen LogP contribution in [-0.2, 0) is 9.47 Å². The Balaban J connectivity index is 3.89. The molecule has 0 aliphatic rings. The van der Waals surface area contributed by atoms with Crippen LogP contribution in [0.2, 0.25) is 0 Å². The van der Waals surface area contributed by atoms with Gasteiger partial charge in [0.25, 0.3) is 0 Å². The second kappa shape index (κ2) is 29.6. The van der Waals surface area contributed by atoms with Crippen molar-refractivity contribution in [3.05, 3.63) is 0 Å². The number of ether oxygens (including phenoxy) is 2. The molecule has 0 spiro atoms. The first-order valence-electron chi connectivity index (χ1n) is 20.8. The predicted molar refractivity (Wildman–Crippen MR) is 206 cm³/mol. The van der Waals surface area contributed by atoms with Gasteiger partial charge in [-0.15, -0.1) is 0 Å². The van der Waals surface area contributed by atoms with Gasteiger partial charge in [0.15, 0.2) is 0 Å². The molecule has 0 saturated carbocycles. The molecule has 0 fully saturated rings. The van der Waals surface area contributed by atoms with E-state index in [1.165, 1.54) is 103 Å². The maximum Gasteiger partial charge on any atom is 0.104 e. The Morgan fingerprint density at radius 3 is 1.21 bits per heavy atom. The van der Waals surface area contributed by atoms with Crippen molar-refractivity contribution in [3.63, 3.8) is 0 Å². The highest BCUT2D eigenvalue weighted by Crippen LogP contribution is 2.25. The Bertz CT molecular complexity index is 662. The second-order valence-corrected chi connectivity index (χ2v) is 17.6. The topological polar surface area (TPSA) is 58.9 Å². The molecule has 0 rings (SSSR count). The van der Waals surface area contributed by atoms with Crippen LogP contribution >= 0.6 is 0 Å². The third kappa shape index (κ3) is 31.6. The average molecular weight is 669 g/mol. The van der Waals surface area contributed by atoms with E-state index >= 15 is 0 Å². The van der Waals surface area contributed by atoms with Crippen molar-refractivity contribution in [3.8, 4) is 0 Å². The third-order valence-electron chi connectivity index (χ3n) is 10.8. The molecule has 0 amide bonds. The van der Waals surface area contributed by atoms with Gasteiger partial charge in [-0.05, 0) is 67.6 Å². The normalized spacial score (nSPS) is 17.5. The van der Waals surface area contributed by atoms with Crippen LogP contribution in [0.3, 0.4) is 0 Å². The SMILES string of the molecule is CC(C)CCCC(C)CCCC(C)CCCC(C)CCOC[C@@H](CO)OCCC(C)(O)CCCC(C)CCCC(C)CCCC(C)C. The number of hydrogen-bond donors (Lipinski definition) is 2. The largest absolute Gasteiger partial charge is 0.394 e. The van der Waals surface area contributed by atoms with E-state index < -0.39 is 5.60 Å². The molecular formula is C43H88O4. The van der Waals surface area contributed by atoms with Gasteiger partial charge in [-0.2, -0.15) is 0 Å². The standard InChI is InChI=1S/C43H88O4/c1-35(2)17-11-19-37(5)21-13-23-39(7)24-15-26-41(9)28-31-46-34-42(33-44)47-32-30-43(10,45)29-16-27-40(8)25-14-22-38(6)20-12-18-36(3)4/h35-42,44-45H,11-34H2,1-10H3/t37?,38?,39?,40?,41?,42-,43?/m1/s1. The molecule has 47 heavy (non-hydrogen) atoms. The van der Waals surface area contributed by atoms with Gasteiger partial charge >= 0.3 is 0 Å². The molecule has 284 valence electrons. The molecule has 0 aliphatic carbocycles. The molecule has 0 saturated heterocycles. The quantitative estimate of drug-likeness (QED) is 0.0670. The van der Waals surface area contributed by atoms with Crippen molar-refractivity contribution in [2.75, 3.05) is 26.4 Å². The summed E-state index contributed by atoms with van der Waals surface area (Å²) < 4.78 is 11.8. The minimum absolute atomic E-state index is 0.0415. The fourth-order valence-electron chi connectivity index (χ4n) is 6.97. The zero-order chi connectivity index (χ0) is 35.5. The molecule has 0 aliphatic heterocycles. The van der Waals surface area contributed by atoms with Gasteiger partial charge in [-0.1, -0.05) is 171 Å². The fraction of sp³-hybridized carbons (Fsp3) is 1.00. The van der Waals surface area contributed by atoms with Crippen molar-refractivity contribution in [2.24, 2.45) is 41.4 Å². The highest BCUT2D eigenvalue weighted by atomic mass is 16.5. The average Bonchev–Trinajstić information content (AvgIpc) is 2.97. The van der Waals surface area contributed by atoms with E-state index in [0.717, 1.165) is 61.4 Å². The van der Waals surface area contributed by atoms with Crippen molar-refractivity contribution in [1.29, 1.82) is 0 Å². The summed E-state index contributed by atoms with van der Waals surface area (Å²) in [4.78, 5) is 0. The molecule has 0 radical (unpaired) electrons. The van der Waals surface area contributed by atoms with Crippen LogP contribution in [0.25, 0.3) is 0 Å². The van der Waals surface area contributed by atoms with Crippen LogP contribution in [0.15, 0.2) is 0 Å². The lowest BCUT2D eigenvalue weighted by molar-refractivity contribution is -0.0644. The van der Waals surface area contributed by atoms with Crippen molar-refractivity contribution < 1.29 is 19.7 Å². The molecule has 4 heteroatoms. The highest BCUT2D eigenvalue weighted by molar-refractivity contribution is 4.73. The van der Waals surface area contributed by atoms with E-state index in [9.17, 15) is 10.2 Å². The molecule has 0 aromatic rings. The van der Waals surface area contributed by atoms with Crippen molar-refractivity contribution in [2.45, 2.75) is 209 Å². The van der Waals surface area contributed by atoms with Crippen molar-refractivity contribution >= 4 is 0 Å². The summed E-state index contributed by atoms with van der Waals surface area (Å²) in [5.74, 6) is 5.62. The lowest BCUT2D eigenvalue weighted by Crippen LogP contribution is -2.30. The first-order chi connectivity index (χ1) is 22.2. The molecule has 4 nitrogen and oxygen atoms in total. The highest BCUT2D eigenvalue weighted by Gasteiger charge is 2.21. The zero-order valence-corrected chi connectivity index (χ0v) is 33.8. The van der Waals surface area contributed by atoms with E-state index in [4.69, 9.17) is 9.47 Å². The monoisotopic (exact) mass is 669 g/mol. The third-order valence-corrected chi connectivity index (χ3v) is 10.8. The summed E-state index contributed by atoms with van der Waals surface area (Å²) in [5, 5.41) is 20.7. The Hall–Kier alpha value is -0.160. The minimum atomic E-state index is -0.718. The van der Waals surface area contributed by atoms with Crippen LogP contribution in [0, 0.1) is 41.4 Å². The van der Waals surface area contributed by atoms with E-state index in [2.05, 4.69) is 62.3 Å². The number of aliphatic hydroxyl groups is 2. The molecule has 0 heterocycles. The summed E-state index contributed by atoms with van der Waals surface area (Å²) in [7, 11) is 0. The predicted octanol–water partition coefficient (Wildman–Crippen LogP) is 12.4. The van der Waals surface area contributed by atoms with Crippen LogP contribution in [0.1, 0.15) is 198 Å². The van der Waals surface area contributed by atoms with Crippen LogP contribution < -0.4 is 0 Å². The lowest BCUT2D eigenvalue weighted by atomic mass is 9.89. The van der Waals surface area contributed by atoms with Gasteiger partial charge in [0.2, 0.25) is 0 Å². The maximum absolute atomic E-state index is 10.9. The summed E-state index contributed by atoms with van der Waals surface area (Å²) in [5.41, 5.74) is -0.718. The number of rotatable bonds is 34. The summed E-state index contributed by atoms with van der Waals surface area (Å²) in [6.07, 6.45) is 24.7. The maximum atomic E-state index is 10.9. The second-order valence-electron chi connectivity index (χ2n) is 17.6. The molecular weight excluding hydrogens is 580 g/mol. The molecule has 7 atom stereocenters. The summed E-state index contributed by atoms with van der Waals surface area (Å²) in [6.45, 7) is 24.8. The number of aliphatic hydroxyl groups excluding tert-OH is 1. The van der Waals surface area contributed by atoms with Gasteiger partial charge in [0.05, 0.1) is 18.8 Å². The zero-order valence-electron chi connectivity index (χ0n) is 33.8. The smallest absolute Gasteiger partial charge is 0.104 e. The van der Waals surface area contributed by atoms with Gasteiger partial charge in [0, 0.05) is 13.2 Å². The first kappa shape index (κ1) is 46.8. The Morgan fingerprint density at radius 1 is 0.468 bits per heavy atom. The van der Waals surface area contributed by atoms with Gasteiger partial charge in [0.1, 0.15) is 6.10 Å². The molecule has 0 aromatic carbocycles. The summed E-state index contributed by atoms with van der Waals surface area (Å²) >= 11 is 0. The number of hydrogen-bond acceptors (Lipinski definition) is 4. The molecule has 0 aromatic heterocycles. The first-order valence-corrected chi connectivity index (χ1v) is 20.8. The van der Waals surface area contributed by atoms with E-state index in [0.29, 0.717) is 25.6 Å². The van der Waals surface area contributed by atoms with Crippen LogP contribution in [0.4, 0.5) is 0 Å². The fourth-order valence-corrected chi connectivity index (χ4v) is 6.97. The van der Waals surface area contributed by atoms with Gasteiger partial charge in [-0.25, -0.2) is 0 Å². The molecule has 2 N–H and O–H groups in total. The van der Waals surface area contributed by atoms with Crippen molar-refractivity contribution in [1.82, 2.24) is 0 Å². The van der Waals surface area contributed by atoms with Gasteiger partial charge < -0.3 is 19.7 Å². The molecule has 0 bridgehead atoms. The Kier molecular flexibility index (Phi) is 29.5. The van der Waals surface area contributed by atoms with Crippen LogP contribution in [-0.4, -0.2) is 48.3 Å². The Morgan fingerprint density at radius 2 is 0.830 bits per heavy atom. The van der Waals surface area contributed by atoms with Gasteiger partial charge in [-0.3, -0.25) is 0 Å². The molecule has 6 unspecified atom stereocenters. The Labute approximate surface area is 296 Å². The van der Waals surface area contributed by atoms with Crippen LogP contribution in [0.5, 0.6) is 0 Å². The van der Waals surface area contributed by atoms with E-state index in [1.807, 2.05) is 6.92 Å².